The predicted molar refractivity (Wildman–Crippen MR) is 411 cm³/mol. The van der Waals surface area contributed by atoms with E-state index in [1.54, 1.807) is 72.1 Å². The fourth-order valence-electron chi connectivity index (χ4n) is 15.2. The maximum Gasteiger partial charge on any atom is 0.524 e. The maximum absolute atomic E-state index is 14.4. The lowest BCUT2D eigenvalue weighted by molar-refractivity contribution is -0.162. The summed E-state index contributed by atoms with van der Waals surface area (Å²) in [7, 11) is -1.11. The van der Waals surface area contributed by atoms with Crippen molar-refractivity contribution in [3.05, 3.63) is 131 Å². The molecular formula is C77H98N15O16PS. The van der Waals surface area contributed by atoms with Crippen LogP contribution in [0.2, 0.25) is 0 Å². The molecule has 0 spiro atoms. The number of hydrogen-bond acceptors (Lipinski definition) is 24. The Morgan fingerprint density at radius 2 is 1.56 bits per heavy atom. The summed E-state index contributed by atoms with van der Waals surface area (Å²) in [6.07, 6.45) is 4.54. The molecule has 4 saturated heterocycles. The van der Waals surface area contributed by atoms with Gasteiger partial charge >= 0.3 is 19.9 Å². The molecule has 2 unspecified atom stereocenters. The quantitative estimate of drug-likeness (QED) is 0.0108. The van der Waals surface area contributed by atoms with Crippen LogP contribution in [0.15, 0.2) is 113 Å². The fraction of sp³-hybridized carbons (Fsp3) is 0.494. The second-order valence-electron chi connectivity index (χ2n) is 29.7. The van der Waals surface area contributed by atoms with Crippen molar-refractivity contribution in [2.45, 2.75) is 147 Å². The minimum Gasteiger partial charge on any atom is -0.480 e. The third-order valence-corrected chi connectivity index (χ3v) is 22.8. The van der Waals surface area contributed by atoms with Crippen molar-refractivity contribution in [2.24, 2.45) is 11.3 Å². The average molecular weight is 1550 g/mol. The van der Waals surface area contributed by atoms with E-state index in [1.165, 1.54) is 11.0 Å². The Hall–Kier alpha value is -9.66. The first-order chi connectivity index (χ1) is 52.8. The molecule has 5 aliphatic rings. The third kappa shape index (κ3) is 19.5. The Kier molecular flexibility index (Phi) is 25.8. The number of pyridine rings is 1. The van der Waals surface area contributed by atoms with Gasteiger partial charge in [0.05, 0.1) is 39.6 Å². The van der Waals surface area contributed by atoms with Crippen LogP contribution in [0.5, 0.6) is 17.5 Å². The number of fused-ring (bicyclic) bond motifs is 2. The molecule has 8 N–H and O–H groups in total. The molecule has 7 aromatic rings. The number of phosphoric acid groups is 1. The van der Waals surface area contributed by atoms with Gasteiger partial charge in [-0.15, -0.1) is 21.5 Å². The number of likely N-dealkylation sites (tertiary alicyclic amines) is 1. The minimum atomic E-state index is -4.99. The molecule has 8 heterocycles. The van der Waals surface area contributed by atoms with Crippen LogP contribution in [0, 0.1) is 18.3 Å². The highest BCUT2D eigenvalue weighted by Gasteiger charge is 2.52. The Bertz CT molecular complexity index is 4410. The number of anilines is 4. The van der Waals surface area contributed by atoms with E-state index in [1.807, 2.05) is 88.6 Å². The molecular weight excluding hydrogens is 1450 g/mol. The van der Waals surface area contributed by atoms with Crippen molar-refractivity contribution >= 4 is 77.7 Å². The van der Waals surface area contributed by atoms with E-state index in [9.17, 15) is 53.3 Å². The first kappa shape index (κ1) is 79.9. The Labute approximate surface area is 642 Å². The SMILES string of the molecule is Cc1ncsc1-c1ccc([C@H](C)NC(=O)[C@@H]2C[C@@H](O)CN2C(=O)[C@@H](c2cc(OCCN3CCN(CCOc4cc(N5C6CCC5CN(c5cc(-c7ccccc7OP(=O)(O)O)nnc5NC(=O)OCc5ccc(NC(=O)[C@H](CCCCN(C)C)NC(=O)C7(C(=O)O)CCC7)cc5)C6)ccn4)[C@H](C)C3)no2)C(C)C)cc1. The highest BCUT2D eigenvalue weighted by Crippen LogP contribution is 2.45. The topological polar surface area (TPSA) is 382 Å². The number of benzene rings is 3. The van der Waals surface area contributed by atoms with Crippen molar-refractivity contribution in [1.82, 2.24) is 55.6 Å². The van der Waals surface area contributed by atoms with Gasteiger partial charge in [0.2, 0.25) is 29.5 Å². The van der Waals surface area contributed by atoms with Crippen LogP contribution in [0.1, 0.15) is 120 Å². The average Bonchev–Trinajstić information content (AvgIpc) is 1.74. The first-order valence-corrected chi connectivity index (χ1v) is 39.9. The van der Waals surface area contributed by atoms with Crippen LogP contribution in [0.25, 0.3) is 21.7 Å². The zero-order chi connectivity index (χ0) is 78.0. The van der Waals surface area contributed by atoms with E-state index in [2.05, 4.69) is 73.1 Å². The fourth-order valence-corrected chi connectivity index (χ4v) is 16.5. The molecule has 4 aliphatic heterocycles. The molecule has 0 radical (unpaired) electrons. The highest BCUT2D eigenvalue weighted by atomic mass is 32.1. The molecule has 8 atom stereocenters. The third-order valence-electron chi connectivity index (χ3n) is 21.3. The van der Waals surface area contributed by atoms with Gasteiger partial charge in [0.1, 0.15) is 49.0 Å². The Balaban J connectivity index is 0.615. The molecule has 3 aromatic carbocycles. The number of rotatable bonds is 33. The molecule has 110 heavy (non-hydrogen) atoms. The van der Waals surface area contributed by atoms with E-state index in [0.29, 0.717) is 87.2 Å². The van der Waals surface area contributed by atoms with Crippen LogP contribution >= 0.6 is 19.2 Å². The number of aliphatic hydroxyl groups excluding tert-OH is 1. The molecule has 12 rings (SSSR count). The van der Waals surface area contributed by atoms with Crippen LogP contribution in [-0.2, 0) is 39.9 Å². The second-order valence-corrected chi connectivity index (χ2v) is 31.7. The molecule has 588 valence electrons. The number of carbonyl (C=O) groups is 6. The van der Waals surface area contributed by atoms with Crippen molar-refractivity contribution < 1.29 is 76.6 Å². The number of aryl methyl sites for hydroxylation is 1. The number of carboxylic acids is 1. The highest BCUT2D eigenvalue weighted by molar-refractivity contribution is 7.46. The number of aliphatic carboxylic acids is 1. The molecule has 33 heteroatoms. The zero-order valence-electron chi connectivity index (χ0n) is 62.9. The molecule has 2 bridgehead atoms. The number of para-hydroxylation sites is 1. The van der Waals surface area contributed by atoms with Gasteiger partial charge in [-0.25, -0.2) is 19.3 Å². The largest absolute Gasteiger partial charge is 0.524 e. The van der Waals surface area contributed by atoms with Gasteiger partial charge in [-0.3, -0.25) is 48.9 Å². The summed E-state index contributed by atoms with van der Waals surface area (Å²) < 4.78 is 41.1. The van der Waals surface area contributed by atoms with E-state index < -0.39 is 61.2 Å². The van der Waals surface area contributed by atoms with E-state index in [0.717, 1.165) is 72.8 Å². The number of β-amino-alcohol motifs (C(OH)–C–C–N with tert-alkyl or cyclic N) is 1. The van der Waals surface area contributed by atoms with Gasteiger partial charge < -0.3 is 69.0 Å². The van der Waals surface area contributed by atoms with E-state index in [-0.39, 0.29) is 103 Å². The number of nitrogens with zero attached hydrogens (tertiary/aromatic N) is 11. The minimum absolute atomic E-state index is 0.00539. The number of aliphatic hydroxyl groups is 1. The number of ether oxygens (including phenoxy) is 3. The number of aromatic nitrogens is 5. The van der Waals surface area contributed by atoms with Gasteiger partial charge in [0.25, 0.3) is 5.88 Å². The summed E-state index contributed by atoms with van der Waals surface area (Å²) in [6, 6.07) is 26.1. The summed E-state index contributed by atoms with van der Waals surface area (Å²) in [6.45, 7) is 15.9. The number of nitrogens with one attached hydrogen (secondary N) is 4. The number of amides is 5. The molecule has 4 aromatic heterocycles. The summed E-state index contributed by atoms with van der Waals surface area (Å²) in [5.41, 5.74) is 6.08. The summed E-state index contributed by atoms with van der Waals surface area (Å²) in [4.78, 5) is 124. The smallest absolute Gasteiger partial charge is 0.480 e. The second kappa shape index (κ2) is 35.6. The molecule has 5 fully saturated rings. The summed E-state index contributed by atoms with van der Waals surface area (Å²) in [5, 5.41) is 45.2. The van der Waals surface area contributed by atoms with Crippen LogP contribution in [-0.4, -0.2) is 223 Å². The van der Waals surface area contributed by atoms with Gasteiger partial charge in [-0.05, 0) is 151 Å². The van der Waals surface area contributed by atoms with Crippen LogP contribution in [0.3, 0.4) is 0 Å². The van der Waals surface area contributed by atoms with Crippen molar-refractivity contribution in [1.29, 1.82) is 0 Å². The molecule has 31 nitrogen and oxygen atoms in total. The number of thiazole rings is 1. The number of phosphoric ester groups is 1. The van der Waals surface area contributed by atoms with Gasteiger partial charge in [0, 0.05) is 112 Å². The Morgan fingerprint density at radius 1 is 0.827 bits per heavy atom. The summed E-state index contributed by atoms with van der Waals surface area (Å²) >= 11 is 1.57. The van der Waals surface area contributed by atoms with Crippen molar-refractivity contribution in [3.8, 4) is 39.2 Å². The molecule has 1 saturated carbocycles. The number of carbonyl (C=O) groups excluding carboxylic acids is 5. The maximum atomic E-state index is 14.4. The van der Waals surface area contributed by atoms with Crippen molar-refractivity contribution in [3.63, 3.8) is 0 Å². The lowest BCUT2D eigenvalue weighted by Gasteiger charge is -2.43. The van der Waals surface area contributed by atoms with Gasteiger partial charge in [-0.1, -0.05) is 68.8 Å². The lowest BCUT2D eigenvalue weighted by Crippen LogP contribution is -2.55. The normalized spacial score (nSPS) is 20.0. The molecule has 5 amide bonds. The predicted octanol–water partition coefficient (Wildman–Crippen LogP) is 8.49. The van der Waals surface area contributed by atoms with Crippen molar-refractivity contribution in [2.75, 3.05) is 107 Å². The van der Waals surface area contributed by atoms with Crippen LogP contribution < -0.4 is 45.1 Å². The monoisotopic (exact) mass is 1550 g/mol. The van der Waals surface area contributed by atoms with Crippen LogP contribution in [0.4, 0.5) is 27.7 Å². The standard InChI is InChI=1S/C77H98N15O16PS/c1-47(2)68(73(96)91-44-58(93)38-63(91)72(95)80-49(4)52-18-20-53(21-19-52)69-50(5)79-46-110-69)65-40-67(86-107-65)105-35-33-88-31-32-89(48(3)41-88)34-36-104-66-37-55(26-29-78-66)92-56-24-25-57(92)43-90(42-56)62-39-61(59-13-8-9-15-64(59)108-109(101,102)103)84-85-70(62)83-76(100)106-45-51-16-22-54(23-17-51)81-71(94)60(14-10-11-30-87(6)7)82-74(97)77(75(98)99)27-12-28-77/h8-9,13,15-23,26,29,37,39-40,46-49,56-58,60,63,68,93H,10-12,14,24-25,27-28,30-36,38,41-45H2,1-7H3,(H,80,95)(H,81,94)(H,82,97)(H,98,99)(H,83,85,100)(H2,101,102,103)/t48-,49+,56?,57?,58-,60+,63+,68-/m1/s1. The lowest BCUT2D eigenvalue weighted by atomic mass is 9.68. The molecule has 1 aliphatic carbocycles. The van der Waals surface area contributed by atoms with Gasteiger partial charge in [0.15, 0.2) is 11.6 Å². The summed E-state index contributed by atoms with van der Waals surface area (Å²) in [5.74, 6) is -3.01. The number of unbranched alkanes of at least 4 members (excludes halogenated alkanes) is 1. The van der Waals surface area contributed by atoms with E-state index in [4.69, 9.17) is 23.3 Å². The Morgan fingerprint density at radius 3 is 2.25 bits per heavy atom. The van der Waals surface area contributed by atoms with E-state index >= 15 is 0 Å². The number of carboxylic acid groups (broad SMARTS) is 1. The van der Waals surface area contributed by atoms with Gasteiger partial charge in [-0.2, -0.15) is 0 Å². The zero-order valence-corrected chi connectivity index (χ0v) is 64.6. The number of hydrogen-bond donors (Lipinski definition) is 8. The first-order valence-electron chi connectivity index (χ1n) is 37.5. The number of piperazine rings is 2.